The Bertz CT molecular complexity index is 765. The molecule has 1 unspecified atom stereocenters. The standard InChI is InChI=1S/C20H32N6O2.HI/c1-5-28-11-7-10-21-20(23-14-19-25-24-16(3)26(19)4)22-13-18(27)17-9-6-8-15(2)12-17;/h6,8-9,12,18,27H,5,7,10-11,13-14H2,1-4H3,(H2,21,22,23);1H. The van der Waals surface area contributed by atoms with E-state index < -0.39 is 6.10 Å². The molecule has 0 fully saturated rings. The fourth-order valence-electron chi connectivity index (χ4n) is 2.63. The molecule has 29 heavy (non-hydrogen) atoms. The molecule has 0 aliphatic heterocycles. The minimum atomic E-state index is -0.618. The Morgan fingerprint density at radius 2 is 2.07 bits per heavy atom. The normalized spacial score (nSPS) is 12.4. The van der Waals surface area contributed by atoms with Crippen molar-refractivity contribution in [3.63, 3.8) is 0 Å². The summed E-state index contributed by atoms with van der Waals surface area (Å²) in [5.41, 5.74) is 2.00. The summed E-state index contributed by atoms with van der Waals surface area (Å²) in [4.78, 5) is 4.59. The first-order valence-corrected chi connectivity index (χ1v) is 9.70. The Kier molecular flexibility index (Phi) is 11.8. The van der Waals surface area contributed by atoms with Crippen molar-refractivity contribution in [3.05, 3.63) is 47.0 Å². The van der Waals surface area contributed by atoms with Gasteiger partial charge in [0.15, 0.2) is 11.8 Å². The minimum absolute atomic E-state index is 0. The molecule has 0 radical (unpaired) electrons. The SMILES string of the molecule is CCOCCCNC(=NCc1nnc(C)n1C)NCC(O)c1cccc(C)c1.I. The largest absolute Gasteiger partial charge is 0.387 e. The maximum Gasteiger partial charge on any atom is 0.191 e. The van der Waals surface area contributed by atoms with Crippen LogP contribution in [0.5, 0.6) is 0 Å². The lowest BCUT2D eigenvalue weighted by atomic mass is 10.1. The van der Waals surface area contributed by atoms with Crippen molar-refractivity contribution in [2.75, 3.05) is 26.3 Å². The van der Waals surface area contributed by atoms with Crippen molar-refractivity contribution >= 4 is 29.9 Å². The van der Waals surface area contributed by atoms with Crippen molar-refractivity contribution in [3.8, 4) is 0 Å². The molecule has 0 saturated carbocycles. The monoisotopic (exact) mass is 516 g/mol. The van der Waals surface area contributed by atoms with Crippen molar-refractivity contribution in [2.45, 2.75) is 39.8 Å². The zero-order valence-corrected chi connectivity index (χ0v) is 20.0. The third kappa shape index (κ3) is 8.67. The molecule has 1 atom stereocenters. The van der Waals surface area contributed by atoms with Gasteiger partial charge < -0.3 is 25.0 Å². The molecule has 2 rings (SSSR count). The maximum atomic E-state index is 10.5. The Morgan fingerprint density at radius 3 is 2.72 bits per heavy atom. The maximum absolute atomic E-state index is 10.5. The van der Waals surface area contributed by atoms with Crippen LogP contribution in [0.4, 0.5) is 0 Å². The minimum Gasteiger partial charge on any atom is -0.387 e. The lowest BCUT2D eigenvalue weighted by Crippen LogP contribution is -2.40. The summed E-state index contributed by atoms with van der Waals surface area (Å²) in [6.07, 6.45) is 0.255. The van der Waals surface area contributed by atoms with E-state index in [9.17, 15) is 5.11 Å². The van der Waals surface area contributed by atoms with Gasteiger partial charge >= 0.3 is 0 Å². The molecular weight excluding hydrogens is 483 g/mol. The van der Waals surface area contributed by atoms with Crippen molar-refractivity contribution < 1.29 is 9.84 Å². The number of hydrogen-bond donors (Lipinski definition) is 3. The van der Waals surface area contributed by atoms with Gasteiger partial charge in [-0.05, 0) is 32.8 Å². The van der Waals surface area contributed by atoms with Crippen LogP contribution in [0.15, 0.2) is 29.3 Å². The zero-order valence-electron chi connectivity index (χ0n) is 17.7. The average Bonchev–Trinajstić information content (AvgIpc) is 3.01. The van der Waals surface area contributed by atoms with E-state index in [-0.39, 0.29) is 24.0 Å². The molecule has 1 aromatic heterocycles. The third-order valence-electron chi connectivity index (χ3n) is 4.41. The third-order valence-corrected chi connectivity index (χ3v) is 4.41. The molecule has 0 aliphatic rings. The number of halogens is 1. The van der Waals surface area contributed by atoms with Crippen LogP contribution in [0.1, 0.15) is 42.2 Å². The number of aliphatic hydroxyl groups excluding tert-OH is 1. The fourth-order valence-corrected chi connectivity index (χ4v) is 2.63. The van der Waals surface area contributed by atoms with Gasteiger partial charge in [-0.15, -0.1) is 34.2 Å². The second-order valence-electron chi connectivity index (χ2n) is 6.68. The van der Waals surface area contributed by atoms with Crippen LogP contribution in [0.3, 0.4) is 0 Å². The lowest BCUT2D eigenvalue weighted by Gasteiger charge is -2.16. The molecule has 9 heteroatoms. The number of rotatable bonds is 10. The Hall–Kier alpha value is -1.72. The highest BCUT2D eigenvalue weighted by Crippen LogP contribution is 2.13. The van der Waals surface area contributed by atoms with Crippen molar-refractivity contribution in [2.24, 2.45) is 12.0 Å². The smallest absolute Gasteiger partial charge is 0.191 e. The van der Waals surface area contributed by atoms with E-state index in [1.165, 1.54) is 0 Å². The molecule has 0 aliphatic carbocycles. The van der Waals surface area contributed by atoms with E-state index in [1.807, 2.05) is 56.7 Å². The van der Waals surface area contributed by atoms with Crippen LogP contribution in [-0.2, 0) is 18.3 Å². The molecule has 162 valence electrons. The average molecular weight is 516 g/mol. The second-order valence-corrected chi connectivity index (χ2v) is 6.68. The predicted molar refractivity (Wildman–Crippen MR) is 126 cm³/mol. The first kappa shape index (κ1) is 25.3. The van der Waals surface area contributed by atoms with Crippen LogP contribution in [0.25, 0.3) is 0 Å². The number of benzene rings is 1. The number of aryl methyl sites for hydroxylation is 2. The second kappa shape index (κ2) is 13.5. The quantitative estimate of drug-likeness (QED) is 0.194. The molecule has 0 saturated heterocycles. The highest BCUT2D eigenvalue weighted by atomic mass is 127. The molecule has 0 amide bonds. The summed E-state index contributed by atoms with van der Waals surface area (Å²) in [5, 5.41) is 25.2. The van der Waals surface area contributed by atoms with Gasteiger partial charge in [-0.3, -0.25) is 0 Å². The molecule has 0 bridgehead atoms. The summed E-state index contributed by atoms with van der Waals surface area (Å²) >= 11 is 0. The first-order valence-electron chi connectivity index (χ1n) is 9.70. The van der Waals surface area contributed by atoms with E-state index >= 15 is 0 Å². The Morgan fingerprint density at radius 1 is 1.28 bits per heavy atom. The summed E-state index contributed by atoms with van der Waals surface area (Å²) in [6.45, 7) is 8.81. The highest BCUT2D eigenvalue weighted by Gasteiger charge is 2.10. The van der Waals surface area contributed by atoms with Gasteiger partial charge in [0.25, 0.3) is 0 Å². The van der Waals surface area contributed by atoms with Crippen LogP contribution >= 0.6 is 24.0 Å². The van der Waals surface area contributed by atoms with Gasteiger partial charge in [-0.1, -0.05) is 29.8 Å². The van der Waals surface area contributed by atoms with Crippen LogP contribution in [-0.4, -0.2) is 52.1 Å². The van der Waals surface area contributed by atoms with E-state index in [0.29, 0.717) is 32.3 Å². The van der Waals surface area contributed by atoms with Crippen molar-refractivity contribution in [1.29, 1.82) is 0 Å². The Balaban J connectivity index is 0.00000420. The molecular formula is C20H33IN6O2. The molecule has 2 aromatic rings. The van der Waals surface area contributed by atoms with Gasteiger partial charge in [0, 0.05) is 33.4 Å². The van der Waals surface area contributed by atoms with Gasteiger partial charge in [0.2, 0.25) is 0 Å². The molecule has 1 aromatic carbocycles. The fraction of sp³-hybridized carbons (Fsp3) is 0.550. The predicted octanol–water partition coefficient (Wildman–Crippen LogP) is 2.25. The van der Waals surface area contributed by atoms with Gasteiger partial charge in [-0.2, -0.15) is 0 Å². The summed E-state index contributed by atoms with van der Waals surface area (Å²) in [5.74, 6) is 2.26. The first-order chi connectivity index (χ1) is 13.5. The highest BCUT2D eigenvalue weighted by molar-refractivity contribution is 14.0. The van der Waals surface area contributed by atoms with Crippen LogP contribution in [0.2, 0.25) is 0 Å². The molecule has 1 heterocycles. The molecule has 8 nitrogen and oxygen atoms in total. The number of ether oxygens (including phenoxy) is 1. The van der Waals surface area contributed by atoms with E-state index in [4.69, 9.17) is 4.74 Å². The summed E-state index contributed by atoms with van der Waals surface area (Å²) < 4.78 is 7.28. The van der Waals surface area contributed by atoms with E-state index in [2.05, 4.69) is 25.8 Å². The van der Waals surface area contributed by atoms with Crippen LogP contribution in [0, 0.1) is 13.8 Å². The van der Waals surface area contributed by atoms with E-state index in [1.54, 1.807) is 0 Å². The topological polar surface area (TPSA) is 96.6 Å². The molecule has 0 spiro atoms. The van der Waals surface area contributed by atoms with Gasteiger partial charge in [0.05, 0.1) is 6.10 Å². The van der Waals surface area contributed by atoms with Gasteiger partial charge in [0.1, 0.15) is 12.4 Å². The number of nitrogens with one attached hydrogen (secondary N) is 2. The van der Waals surface area contributed by atoms with Crippen LogP contribution < -0.4 is 10.6 Å². The van der Waals surface area contributed by atoms with Gasteiger partial charge in [-0.25, -0.2) is 4.99 Å². The van der Waals surface area contributed by atoms with Crippen molar-refractivity contribution in [1.82, 2.24) is 25.4 Å². The molecule has 3 N–H and O–H groups in total. The number of aromatic nitrogens is 3. The zero-order chi connectivity index (χ0) is 20.4. The summed E-state index contributed by atoms with van der Waals surface area (Å²) in [6, 6.07) is 7.87. The number of nitrogens with zero attached hydrogens (tertiary/aromatic N) is 4. The number of hydrogen-bond acceptors (Lipinski definition) is 5. The lowest BCUT2D eigenvalue weighted by molar-refractivity contribution is 0.145. The van der Waals surface area contributed by atoms with E-state index in [0.717, 1.165) is 35.7 Å². The number of guanidine groups is 1. The Labute approximate surface area is 190 Å². The summed E-state index contributed by atoms with van der Waals surface area (Å²) in [7, 11) is 1.92. The number of aliphatic imine (C=N–C) groups is 1. The number of aliphatic hydroxyl groups is 1.